The van der Waals surface area contributed by atoms with Crippen molar-refractivity contribution in [3.63, 3.8) is 0 Å². The molecular weight excluding hydrogens is 470 g/mol. The van der Waals surface area contributed by atoms with Gasteiger partial charge in [-0.05, 0) is 0 Å². The molecule has 0 bridgehead atoms. The number of hydrogen-bond donors (Lipinski definition) is 6. The van der Waals surface area contributed by atoms with E-state index < -0.39 is 48.1 Å². The molecule has 16 nitrogen and oxygen atoms in total. The Kier molecular flexibility index (Phi) is 6.66. The topological polar surface area (TPSA) is 242 Å². The van der Waals surface area contributed by atoms with Gasteiger partial charge in [-0.2, -0.15) is 0 Å². The van der Waals surface area contributed by atoms with E-state index in [2.05, 4.69) is 23.6 Å². The molecule has 2 aromatic rings. The van der Waals surface area contributed by atoms with Crippen molar-refractivity contribution in [2.75, 3.05) is 12.3 Å². The van der Waals surface area contributed by atoms with E-state index in [1.165, 1.54) is 17.2 Å². The van der Waals surface area contributed by atoms with Crippen molar-refractivity contribution in [2.24, 2.45) is 0 Å². The predicted molar refractivity (Wildman–Crippen MR) is 99.2 cm³/mol. The van der Waals surface area contributed by atoms with Gasteiger partial charge < -0.3 is 0 Å². The number of nitrogen functional groups attached to an aromatic ring is 1. The summed E-state index contributed by atoms with van der Waals surface area (Å²) in [5.41, 5.74) is 6.39. The molecule has 0 aromatic carbocycles. The van der Waals surface area contributed by atoms with Crippen molar-refractivity contribution in [1.29, 1.82) is 0 Å². The van der Waals surface area contributed by atoms with Crippen LogP contribution in [0.1, 0.15) is 12.6 Å². The van der Waals surface area contributed by atoms with Crippen LogP contribution in [0.5, 0.6) is 0 Å². The van der Waals surface area contributed by atoms with Crippen LogP contribution in [0.3, 0.4) is 0 Å². The normalized spacial score (nSPS) is 26.5. The maximum atomic E-state index is 11.5. The van der Waals surface area contributed by atoms with Gasteiger partial charge in [0.2, 0.25) is 0 Å². The van der Waals surface area contributed by atoms with Crippen LogP contribution in [0, 0.1) is 0 Å². The van der Waals surface area contributed by atoms with Gasteiger partial charge in [-0.3, -0.25) is 0 Å². The molecule has 7 N–H and O–H groups in total. The molecule has 2 unspecified atom stereocenters. The zero-order valence-electron chi connectivity index (χ0n) is 14.8. The van der Waals surface area contributed by atoms with Gasteiger partial charge in [-0.1, -0.05) is 0 Å². The van der Waals surface area contributed by atoms with E-state index in [1.807, 2.05) is 0 Å². The Bertz CT molecular complexity index is 1080. The zero-order valence-corrected chi connectivity index (χ0v) is 17.5. The fourth-order valence-electron chi connectivity index (χ4n) is 2.62. The fourth-order valence-corrected chi connectivity index (χ4v) is 5.81. The van der Waals surface area contributed by atoms with Crippen LogP contribution in [0.4, 0.5) is 5.82 Å². The first-order chi connectivity index (χ1) is 13.8. The number of ether oxygens (including phenoxy) is 1. The van der Waals surface area contributed by atoms with Gasteiger partial charge >= 0.3 is 168 Å². The summed E-state index contributed by atoms with van der Waals surface area (Å²) in [7, 11) is -10.2. The second-order valence-electron chi connectivity index (χ2n) is 6.00. The average molecular weight is 486 g/mol. The summed E-state index contributed by atoms with van der Waals surface area (Å²) >= 11 is 0. The molecule has 2 aromatic heterocycles. The van der Waals surface area contributed by atoms with Gasteiger partial charge in [0.1, 0.15) is 0 Å². The van der Waals surface area contributed by atoms with Crippen molar-refractivity contribution in [3.8, 4) is 0 Å². The first-order valence-corrected chi connectivity index (χ1v) is 12.6. The molecule has 0 amide bonds. The summed E-state index contributed by atoms with van der Waals surface area (Å²) in [5, 5.41) is 10.2. The molecule has 0 aliphatic carbocycles. The monoisotopic (exact) mass is 486 g/mol. The molecular formula is C10H16BN5O11P3. The third-order valence-electron chi connectivity index (χ3n) is 3.75. The number of fused-ring (bicyclic) bond motifs is 1. The summed E-state index contributed by atoms with van der Waals surface area (Å²) in [6.45, 7) is -0.599. The maximum absolute atomic E-state index is 11.5. The number of anilines is 1. The van der Waals surface area contributed by atoms with E-state index in [1.54, 1.807) is 0 Å². The first-order valence-electron chi connectivity index (χ1n) is 7.89. The number of hydrogen-bond acceptors (Lipinski definition) is 12. The number of phosphoric acid groups is 2. The molecule has 0 spiro atoms. The second kappa shape index (κ2) is 8.47. The van der Waals surface area contributed by atoms with Crippen LogP contribution in [0.2, 0.25) is 0 Å². The molecule has 165 valence electrons. The summed E-state index contributed by atoms with van der Waals surface area (Å²) in [4.78, 5) is 48.1. The van der Waals surface area contributed by atoms with Gasteiger partial charge in [0.25, 0.3) is 0 Å². The number of nitrogens with two attached hydrogens (primary N) is 1. The number of rotatable bonds is 8. The van der Waals surface area contributed by atoms with E-state index in [-0.39, 0.29) is 12.2 Å². The van der Waals surface area contributed by atoms with Gasteiger partial charge in [-0.25, -0.2) is 0 Å². The number of aromatic nitrogens is 4. The minimum atomic E-state index is -5.45. The number of aliphatic hydroxyl groups excluding tert-OH is 1. The molecule has 1 aliphatic heterocycles. The van der Waals surface area contributed by atoms with E-state index in [0.717, 1.165) is 0 Å². The zero-order chi connectivity index (χ0) is 22.3. The third-order valence-corrected chi connectivity index (χ3v) is 7.71. The van der Waals surface area contributed by atoms with E-state index in [9.17, 15) is 24.0 Å². The molecule has 1 radical (unpaired) electrons. The number of imidazole rings is 1. The van der Waals surface area contributed by atoms with Gasteiger partial charge in [-0.15, -0.1) is 0 Å². The predicted octanol–water partition coefficient (Wildman–Crippen LogP) is -0.862. The minimum absolute atomic E-state index is 0.0610. The Morgan fingerprint density at radius 1 is 1.23 bits per heavy atom. The molecule has 0 saturated carbocycles. The first kappa shape index (κ1) is 23.6. The Balaban J connectivity index is 1.64. The van der Waals surface area contributed by atoms with Crippen LogP contribution in [-0.2, 0) is 27.0 Å². The molecule has 5 atom stereocenters. The standard InChI is InChI=1S/C10H16BN5O11P3/c11-28(18,26-30(22,23)27-29(19,20)21)24-2-6-5(17)1-7(25-6)16-4-15-8-9(12)13-3-14-10(8)16/h3-7,17-18H,1-2H2,(H,22,23)(H2,12,13,14)(H2,19,20,21)/t5-,6+,7+,28?/m0/s1. The Morgan fingerprint density at radius 2 is 1.93 bits per heavy atom. The summed E-state index contributed by atoms with van der Waals surface area (Å²) in [5.74, 6) is 0.151. The summed E-state index contributed by atoms with van der Waals surface area (Å²) in [6, 6.07) is 0. The SMILES string of the molecule is [B]=P(O)(OC[C@H]1O[C@@H](n2cnc3c(N)ncnc32)C[C@@H]1O)OP(=O)(O)OP(=O)(O)O. The van der Waals surface area contributed by atoms with Crippen molar-refractivity contribution < 1.29 is 51.7 Å². The molecule has 30 heavy (non-hydrogen) atoms. The van der Waals surface area contributed by atoms with Gasteiger partial charge in [0.05, 0.1) is 0 Å². The Hall–Kier alpha value is -1.06. The molecule has 1 fully saturated rings. The average Bonchev–Trinajstić information content (AvgIpc) is 3.14. The van der Waals surface area contributed by atoms with E-state index in [4.69, 9.17) is 32.0 Å². The molecule has 1 saturated heterocycles. The second-order valence-corrected chi connectivity index (χ2v) is 10.6. The van der Waals surface area contributed by atoms with Crippen LogP contribution >= 0.6 is 23.1 Å². The van der Waals surface area contributed by atoms with E-state index >= 15 is 0 Å². The molecule has 3 heterocycles. The van der Waals surface area contributed by atoms with Crippen molar-refractivity contribution >= 4 is 47.2 Å². The third kappa shape index (κ3) is 5.80. The number of nitrogens with zero attached hydrogens (tertiary/aromatic N) is 4. The number of aliphatic hydroxyl groups is 1. The molecule has 1 aliphatic rings. The molecule has 3 rings (SSSR count). The van der Waals surface area contributed by atoms with Gasteiger partial charge in [0.15, 0.2) is 0 Å². The Labute approximate surface area is 169 Å². The van der Waals surface area contributed by atoms with Gasteiger partial charge in [0, 0.05) is 0 Å². The van der Waals surface area contributed by atoms with E-state index in [0.29, 0.717) is 11.2 Å². The van der Waals surface area contributed by atoms with Crippen molar-refractivity contribution in [2.45, 2.75) is 24.9 Å². The molecule has 20 heteroatoms. The van der Waals surface area contributed by atoms with Crippen LogP contribution in [0.15, 0.2) is 12.7 Å². The van der Waals surface area contributed by atoms with Crippen LogP contribution in [-0.4, -0.2) is 70.2 Å². The fraction of sp³-hybridized carbons (Fsp3) is 0.500. The van der Waals surface area contributed by atoms with Crippen LogP contribution in [0.25, 0.3) is 11.2 Å². The summed E-state index contributed by atoms with van der Waals surface area (Å²) < 4.78 is 41.7. The van der Waals surface area contributed by atoms with Crippen molar-refractivity contribution in [1.82, 2.24) is 19.5 Å². The summed E-state index contributed by atoms with van der Waals surface area (Å²) in [6.07, 6.45) is -0.256. The Morgan fingerprint density at radius 3 is 2.60 bits per heavy atom. The van der Waals surface area contributed by atoms with Crippen molar-refractivity contribution in [3.05, 3.63) is 12.7 Å². The van der Waals surface area contributed by atoms with Crippen LogP contribution < -0.4 is 5.73 Å². The quantitative estimate of drug-likeness (QED) is 0.196.